The zero-order chi connectivity index (χ0) is 32.2. The molecule has 0 heterocycles. The van der Waals surface area contributed by atoms with Crippen molar-refractivity contribution in [2.75, 3.05) is 22.5 Å². The molecule has 44 heavy (non-hydrogen) atoms. The molecule has 0 spiro atoms. The van der Waals surface area contributed by atoms with Gasteiger partial charge >= 0.3 is 17.8 Å². The molecular weight excluding hydrogens is 566 g/mol. The smallest absolute Gasteiger partial charge is 0.314 e. The van der Waals surface area contributed by atoms with E-state index in [4.69, 9.17) is 0 Å². The molecule has 0 saturated carbocycles. The Morgan fingerprint density at radius 2 is 1.34 bits per heavy atom. The summed E-state index contributed by atoms with van der Waals surface area (Å²) >= 11 is 0. The number of phenolic OH excluding ortho intramolecular Hbond substituents is 1. The summed E-state index contributed by atoms with van der Waals surface area (Å²) in [5.74, 6) is -5.06. The molecule has 0 aliphatic carbocycles. The lowest BCUT2D eigenvalue weighted by atomic mass is 9.96. The molecule has 1 atom stereocenters. The number of carboxylic acids is 1. The van der Waals surface area contributed by atoms with Gasteiger partial charge in [0.1, 0.15) is 5.75 Å². The average molecular weight is 612 g/mol. The van der Waals surface area contributed by atoms with Crippen molar-refractivity contribution in [2.24, 2.45) is 5.92 Å². The molecule has 7 N–H and O–H groups in total. The first-order valence-electron chi connectivity index (χ1n) is 15.2. The molecule has 240 valence electrons. The number of aromatic hydroxyl groups is 1. The van der Waals surface area contributed by atoms with E-state index < -0.39 is 35.5 Å². The van der Waals surface area contributed by atoms with Gasteiger partial charge in [-0.3, -0.25) is 34.8 Å². The summed E-state index contributed by atoms with van der Waals surface area (Å²) in [4.78, 5) is 60.6. The lowest BCUT2D eigenvalue weighted by molar-refractivity contribution is -0.141. The van der Waals surface area contributed by atoms with E-state index in [0.717, 1.165) is 25.7 Å². The van der Waals surface area contributed by atoms with Crippen LogP contribution in [0.15, 0.2) is 48.5 Å². The van der Waals surface area contributed by atoms with Gasteiger partial charge in [0.2, 0.25) is 5.91 Å². The van der Waals surface area contributed by atoms with E-state index >= 15 is 0 Å². The van der Waals surface area contributed by atoms with E-state index in [0.29, 0.717) is 12.1 Å². The standard InChI is InChI=1S/C32H45N5O7/c1-2-3-4-5-6-7-8-9-10-11-15-23(20-29(40)41)30(42)37-36-28(39)22-33-24-16-14-17-25(21-24)34-31(43)32(44)35-26-18-12-13-19-27(26)38/h12-14,16-19,21,23,33,38H,2-11,15,20,22H2,1H3,(H,34,43)(H,35,44)(H,36,39)(H,37,42)(H,40,41). The first-order chi connectivity index (χ1) is 21.2. The van der Waals surface area contributed by atoms with E-state index in [1.165, 1.54) is 56.7 Å². The number of anilines is 3. The number of carbonyl (C=O) groups excluding carboxylic acids is 4. The summed E-state index contributed by atoms with van der Waals surface area (Å²) in [7, 11) is 0. The van der Waals surface area contributed by atoms with Gasteiger partial charge in [0.15, 0.2) is 0 Å². The third-order valence-electron chi connectivity index (χ3n) is 6.96. The molecule has 2 rings (SSSR count). The minimum absolute atomic E-state index is 0.0919. The van der Waals surface area contributed by atoms with Gasteiger partial charge in [-0.1, -0.05) is 89.3 Å². The van der Waals surface area contributed by atoms with Crippen LogP contribution in [0.1, 0.15) is 84.0 Å². The van der Waals surface area contributed by atoms with Crippen LogP contribution in [0.5, 0.6) is 5.75 Å². The molecule has 0 bridgehead atoms. The summed E-state index contributed by atoms with van der Waals surface area (Å²) in [6, 6.07) is 12.3. The van der Waals surface area contributed by atoms with E-state index in [-0.39, 0.29) is 30.1 Å². The molecule has 12 heteroatoms. The van der Waals surface area contributed by atoms with Gasteiger partial charge in [0.25, 0.3) is 5.91 Å². The zero-order valence-corrected chi connectivity index (χ0v) is 25.3. The molecule has 0 saturated heterocycles. The van der Waals surface area contributed by atoms with Crippen molar-refractivity contribution < 1.29 is 34.2 Å². The Morgan fingerprint density at radius 3 is 2.00 bits per heavy atom. The van der Waals surface area contributed by atoms with Crippen LogP contribution in [0.4, 0.5) is 17.1 Å². The molecule has 0 aromatic heterocycles. The minimum Gasteiger partial charge on any atom is -0.506 e. The molecule has 4 amide bonds. The van der Waals surface area contributed by atoms with E-state index in [1.54, 1.807) is 30.3 Å². The van der Waals surface area contributed by atoms with Gasteiger partial charge in [-0.05, 0) is 36.8 Å². The number of carbonyl (C=O) groups is 5. The maximum absolute atomic E-state index is 12.6. The van der Waals surface area contributed by atoms with Crippen molar-refractivity contribution in [1.82, 2.24) is 10.9 Å². The molecule has 2 aromatic carbocycles. The zero-order valence-electron chi connectivity index (χ0n) is 25.3. The number of nitrogens with one attached hydrogen (secondary N) is 5. The van der Waals surface area contributed by atoms with Crippen LogP contribution >= 0.6 is 0 Å². The molecule has 2 aromatic rings. The van der Waals surface area contributed by atoms with Crippen LogP contribution in [-0.2, 0) is 24.0 Å². The summed E-state index contributed by atoms with van der Waals surface area (Å²) in [6.07, 6.45) is 11.4. The van der Waals surface area contributed by atoms with Crippen LogP contribution in [0.25, 0.3) is 0 Å². The van der Waals surface area contributed by atoms with Gasteiger partial charge in [-0.25, -0.2) is 0 Å². The van der Waals surface area contributed by atoms with E-state index in [2.05, 4.69) is 33.7 Å². The Morgan fingerprint density at radius 1 is 0.727 bits per heavy atom. The third-order valence-corrected chi connectivity index (χ3v) is 6.96. The maximum Gasteiger partial charge on any atom is 0.314 e. The number of hydrazine groups is 1. The molecule has 0 radical (unpaired) electrons. The highest BCUT2D eigenvalue weighted by molar-refractivity contribution is 6.43. The SMILES string of the molecule is CCCCCCCCCCCCC(CC(=O)O)C(=O)NNC(=O)CNc1cccc(NC(=O)C(=O)Nc2ccccc2O)c1. The number of phenols is 1. The monoisotopic (exact) mass is 611 g/mol. The maximum atomic E-state index is 12.6. The molecule has 0 aliphatic heterocycles. The number of hydrogen-bond acceptors (Lipinski definition) is 7. The Balaban J connectivity index is 1.72. The quantitative estimate of drug-likeness (QED) is 0.0504. The highest BCUT2D eigenvalue weighted by atomic mass is 16.4. The summed E-state index contributed by atoms with van der Waals surface area (Å²) in [5, 5.41) is 26.6. The van der Waals surface area contributed by atoms with Crippen molar-refractivity contribution in [2.45, 2.75) is 84.0 Å². The highest BCUT2D eigenvalue weighted by Crippen LogP contribution is 2.22. The molecule has 12 nitrogen and oxygen atoms in total. The number of amides is 4. The number of hydrogen-bond donors (Lipinski definition) is 7. The number of unbranched alkanes of at least 4 members (excludes halogenated alkanes) is 9. The third kappa shape index (κ3) is 14.5. The number of rotatable bonds is 19. The van der Waals surface area contributed by atoms with E-state index in [9.17, 15) is 34.2 Å². The Labute approximate surface area is 258 Å². The fourth-order valence-electron chi connectivity index (χ4n) is 4.53. The number of aliphatic carboxylic acids is 1. The van der Waals surface area contributed by atoms with Crippen molar-refractivity contribution in [3.8, 4) is 5.75 Å². The van der Waals surface area contributed by atoms with Gasteiger partial charge in [0.05, 0.1) is 24.6 Å². The van der Waals surface area contributed by atoms with Crippen LogP contribution in [0.3, 0.4) is 0 Å². The highest BCUT2D eigenvalue weighted by Gasteiger charge is 2.22. The molecular formula is C32H45N5O7. The Bertz CT molecular complexity index is 1240. The van der Waals surface area contributed by atoms with Crippen LogP contribution in [0.2, 0.25) is 0 Å². The first-order valence-corrected chi connectivity index (χ1v) is 15.2. The van der Waals surface area contributed by atoms with Crippen molar-refractivity contribution in [3.63, 3.8) is 0 Å². The second kappa shape index (κ2) is 20.3. The number of carboxylic acid groups (broad SMARTS) is 1. The van der Waals surface area contributed by atoms with Gasteiger partial charge in [0, 0.05) is 11.4 Å². The number of benzene rings is 2. The lowest BCUT2D eigenvalue weighted by Gasteiger charge is -2.16. The van der Waals surface area contributed by atoms with Crippen LogP contribution in [0, 0.1) is 5.92 Å². The van der Waals surface area contributed by atoms with E-state index in [1.807, 2.05) is 0 Å². The molecule has 0 fully saturated rings. The van der Waals surface area contributed by atoms with Crippen molar-refractivity contribution in [1.29, 1.82) is 0 Å². The largest absolute Gasteiger partial charge is 0.506 e. The van der Waals surface area contributed by atoms with Crippen molar-refractivity contribution in [3.05, 3.63) is 48.5 Å². The Kier molecular flexibility index (Phi) is 16.4. The Hall–Kier alpha value is -4.61. The fraction of sp³-hybridized carbons (Fsp3) is 0.469. The average Bonchev–Trinajstić information content (AvgIpc) is 3.00. The van der Waals surface area contributed by atoms with Crippen molar-refractivity contribution >= 4 is 46.7 Å². The fourth-order valence-corrected chi connectivity index (χ4v) is 4.53. The molecule has 1 unspecified atom stereocenters. The first kappa shape index (κ1) is 35.6. The number of para-hydroxylation sites is 2. The lowest BCUT2D eigenvalue weighted by Crippen LogP contribution is -2.46. The summed E-state index contributed by atoms with van der Waals surface area (Å²) in [6.45, 7) is 1.97. The van der Waals surface area contributed by atoms with Gasteiger partial charge in [-0.15, -0.1) is 0 Å². The summed E-state index contributed by atoms with van der Waals surface area (Å²) < 4.78 is 0. The topological polar surface area (TPSA) is 186 Å². The van der Waals surface area contributed by atoms with Crippen LogP contribution < -0.4 is 26.8 Å². The molecule has 0 aliphatic rings. The predicted octanol–water partition coefficient (Wildman–Crippen LogP) is 4.93. The second-order valence-electron chi connectivity index (χ2n) is 10.7. The second-order valence-corrected chi connectivity index (χ2v) is 10.7. The van der Waals surface area contributed by atoms with Gasteiger partial charge in [-0.2, -0.15) is 0 Å². The van der Waals surface area contributed by atoms with Gasteiger partial charge < -0.3 is 26.2 Å². The predicted molar refractivity (Wildman–Crippen MR) is 169 cm³/mol. The normalized spacial score (nSPS) is 11.2. The minimum atomic E-state index is -1.08. The summed E-state index contributed by atoms with van der Waals surface area (Å²) in [5.41, 5.74) is 5.45. The van der Waals surface area contributed by atoms with Crippen LogP contribution in [-0.4, -0.2) is 46.4 Å².